The van der Waals surface area contributed by atoms with Crippen LogP contribution in [0.25, 0.3) is 11.4 Å². The first-order chi connectivity index (χ1) is 11.8. The van der Waals surface area contributed by atoms with E-state index in [1.54, 1.807) is 0 Å². The average Bonchev–Trinajstić information content (AvgIpc) is 3.03. The molecule has 134 valence electrons. The van der Waals surface area contributed by atoms with Crippen LogP contribution in [0.4, 0.5) is 13.2 Å². The van der Waals surface area contributed by atoms with E-state index in [2.05, 4.69) is 10.1 Å². The molecule has 1 aromatic heterocycles. The summed E-state index contributed by atoms with van der Waals surface area (Å²) in [6.45, 7) is 1.37. The Balaban J connectivity index is 1.72. The molecular weight excluding hydrogens is 339 g/mol. The molecule has 1 N–H and O–H groups in total. The Morgan fingerprint density at radius 1 is 1.40 bits per heavy atom. The SMILES string of the molecule is O=C(O)C1CCCN(Cc2nc(-c3cccc(C(F)(F)F)c3)no2)C1. The zero-order valence-corrected chi connectivity index (χ0v) is 13.2. The second-order valence-electron chi connectivity index (χ2n) is 6.00. The van der Waals surface area contributed by atoms with Gasteiger partial charge >= 0.3 is 12.1 Å². The Morgan fingerprint density at radius 2 is 2.20 bits per heavy atom. The van der Waals surface area contributed by atoms with Gasteiger partial charge in [0.2, 0.25) is 11.7 Å². The fourth-order valence-electron chi connectivity index (χ4n) is 2.86. The number of alkyl halides is 3. The maximum Gasteiger partial charge on any atom is 0.416 e. The second kappa shape index (κ2) is 6.83. The summed E-state index contributed by atoms with van der Waals surface area (Å²) in [5.41, 5.74) is -0.566. The van der Waals surface area contributed by atoms with Crippen molar-refractivity contribution in [2.24, 2.45) is 5.92 Å². The number of halogens is 3. The lowest BCUT2D eigenvalue weighted by Crippen LogP contribution is -2.38. The maximum atomic E-state index is 12.8. The van der Waals surface area contributed by atoms with Crippen molar-refractivity contribution in [3.8, 4) is 11.4 Å². The Labute approximate surface area is 141 Å². The summed E-state index contributed by atoms with van der Waals surface area (Å²) in [5.74, 6) is -0.939. The van der Waals surface area contributed by atoms with Crippen LogP contribution >= 0.6 is 0 Å². The Morgan fingerprint density at radius 3 is 2.92 bits per heavy atom. The number of hydrogen-bond acceptors (Lipinski definition) is 5. The summed E-state index contributed by atoms with van der Waals surface area (Å²) in [5, 5.41) is 12.8. The zero-order valence-electron chi connectivity index (χ0n) is 13.2. The molecule has 9 heteroatoms. The van der Waals surface area contributed by atoms with Gasteiger partial charge in [-0.2, -0.15) is 18.2 Å². The largest absolute Gasteiger partial charge is 0.481 e. The highest BCUT2D eigenvalue weighted by molar-refractivity contribution is 5.70. The third kappa shape index (κ3) is 4.16. The first-order valence-electron chi connectivity index (χ1n) is 7.78. The van der Waals surface area contributed by atoms with Crippen LogP contribution in [0.1, 0.15) is 24.3 Å². The van der Waals surface area contributed by atoms with Crippen molar-refractivity contribution in [2.45, 2.75) is 25.6 Å². The van der Waals surface area contributed by atoms with Gasteiger partial charge in [0.1, 0.15) is 0 Å². The number of aliphatic carboxylic acids is 1. The molecule has 1 aromatic carbocycles. The lowest BCUT2D eigenvalue weighted by Gasteiger charge is -2.29. The number of carboxylic acid groups (broad SMARTS) is 1. The molecule has 1 aliphatic rings. The predicted octanol–water partition coefficient (Wildman–Crippen LogP) is 3.05. The highest BCUT2D eigenvalue weighted by Crippen LogP contribution is 2.31. The molecule has 6 nitrogen and oxygen atoms in total. The Hall–Kier alpha value is -2.42. The lowest BCUT2D eigenvalue weighted by molar-refractivity contribution is -0.143. The molecule has 1 aliphatic heterocycles. The van der Waals surface area contributed by atoms with Gasteiger partial charge in [-0.3, -0.25) is 9.69 Å². The van der Waals surface area contributed by atoms with Gasteiger partial charge in [0.25, 0.3) is 0 Å². The number of carbonyl (C=O) groups is 1. The van der Waals surface area contributed by atoms with E-state index in [9.17, 15) is 18.0 Å². The molecule has 0 spiro atoms. The van der Waals surface area contributed by atoms with E-state index in [4.69, 9.17) is 9.63 Å². The van der Waals surface area contributed by atoms with E-state index < -0.39 is 23.6 Å². The van der Waals surface area contributed by atoms with E-state index in [-0.39, 0.29) is 23.8 Å². The summed E-state index contributed by atoms with van der Waals surface area (Å²) >= 11 is 0. The Bertz CT molecular complexity index is 760. The topological polar surface area (TPSA) is 79.5 Å². The van der Waals surface area contributed by atoms with Crippen molar-refractivity contribution in [3.63, 3.8) is 0 Å². The van der Waals surface area contributed by atoms with Crippen molar-refractivity contribution in [1.82, 2.24) is 15.0 Å². The quantitative estimate of drug-likeness (QED) is 0.908. The molecule has 1 saturated heterocycles. The molecule has 0 aliphatic carbocycles. The van der Waals surface area contributed by atoms with Gasteiger partial charge < -0.3 is 9.63 Å². The van der Waals surface area contributed by atoms with Crippen molar-refractivity contribution in [2.75, 3.05) is 13.1 Å². The number of benzene rings is 1. The number of rotatable bonds is 4. The van der Waals surface area contributed by atoms with Gasteiger partial charge in [0.15, 0.2) is 0 Å². The van der Waals surface area contributed by atoms with E-state index in [1.165, 1.54) is 12.1 Å². The standard InChI is InChI=1S/C16H16F3N3O3/c17-16(18,19)12-5-1-3-10(7-12)14-20-13(25-21-14)9-22-6-2-4-11(8-22)15(23)24/h1,3,5,7,11H,2,4,6,8-9H2,(H,23,24). The maximum absolute atomic E-state index is 12.8. The molecule has 0 saturated carbocycles. The smallest absolute Gasteiger partial charge is 0.416 e. The predicted molar refractivity (Wildman–Crippen MR) is 80.4 cm³/mol. The van der Waals surface area contributed by atoms with Gasteiger partial charge in [0, 0.05) is 12.1 Å². The molecular formula is C16H16F3N3O3. The van der Waals surface area contributed by atoms with E-state index in [0.29, 0.717) is 19.5 Å². The molecule has 0 radical (unpaired) electrons. The van der Waals surface area contributed by atoms with Crippen molar-refractivity contribution >= 4 is 5.97 Å². The van der Waals surface area contributed by atoms with Crippen LogP contribution in [0.5, 0.6) is 0 Å². The van der Waals surface area contributed by atoms with Gasteiger partial charge in [0.05, 0.1) is 18.0 Å². The van der Waals surface area contributed by atoms with E-state index in [1.807, 2.05) is 4.90 Å². The fourth-order valence-corrected chi connectivity index (χ4v) is 2.86. The molecule has 2 aromatic rings. The van der Waals surface area contributed by atoms with Crippen molar-refractivity contribution < 1.29 is 27.6 Å². The monoisotopic (exact) mass is 355 g/mol. The van der Waals surface area contributed by atoms with E-state index >= 15 is 0 Å². The summed E-state index contributed by atoms with van der Waals surface area (Å²) in [6.07, 6.45) is -3.06. The van der Waals surface area contributed by atoms with Crippen LogP contribution in [-0.4, -0.2) is 39.2 Å². The van der Waals surface area contributed by atoms with Gasteiger partial charge in [-0.1, -0.05) is 17.3 Å². The van der Waals surface area contributed by atoms with Crippen molar-refractivity contribution in [3.05, 3.63) is 35.7 Å². The Kier molecular flexibility index (Phi) is 4.76. The first kappa shape index (κ1) is 17.4. The van der Waals surface area contributed by atoms with Crippen molar-refractivity contribution in [1.29, 1.82) is 0 Å². The fraction of sp³-hybridized carbons (Fsp3) is 0.438. The zero-order chi connectivity index (χ0) is 18.0. The van der Waals surface area contributed by atoms with Crippen LogP contribution in [0, 0.1) is 5.92 Å². The normalized spacial score (nSPS) is 19.1. The molecule has 1 atom stereocenters. The minimum absolute atomic E-state index is 0.0768. The lowest BCUT2D eigenvalue weighted by atomic mass is 9.98. The summed E-state index contributed by atoms with van der Waals surface area (Å²) < 4.78 is 43.5. The second-order valence-corrected chi connectivity index (χ2v) is 6.00. The summed E-state index contributed by atoms with van der Waals surface area (Å²) in [6, 6.07) is 4.71. The molecule has 1 fully saturated rings. The van der Waals surface area contributed by atoms with Crippen LogP contribution in [0.15, 0.2) is 28.8 Å². The number of carboxylic acids is 1. The van der Waals surface area contributed by atoms with Crippen LogP contribution in [0.2, 0.25) is 0 Å². The third-order valence-corrected chi connectivity index (χ3v) is 4.13. The molecule has 0 amide bonds. The summed E-state index contributed by atoms with van der Waals surface area (Å²) in [4.78, 5) is 17.1. The minimum Gasteiger partial charge on any atom is -0.481 e. The molecule has 1 unspecified atom stereocenters. The molecule has 25 heavy (non-hydrogen) atoms. The number of likely N-dealkylation sites (tertiary alicyclic amines) is 1. The molecule has 3 rings (SSSR count). The average molecular weight is 355 g/mol. The number of aromatic nitrogens is 2. The van der Waals surface area contributed by atoms with E-state index in [0.717, 1.165) is 18.6 Å². The minimum atomic E-state index is -4.44. The van der Waals surface area contributed by atoms with Crippen LogP contribution < -0.4 is 0 Å². The number of nitrogens with zero attached hydrogens (tertiary/aromatic N) is 3. The first-order valence-corrected chi connectivity index (χ1v) is 7.78. The van der Waals surface area contributed by atoms with Gasteiger partial charge in [-0.05, 0) is 31.5 Å². The van der Waals surface area contributed by atoms with Gasteiger partial charge in [-0.25, -0.2) is 0 Å². The molecule has 2 heterocycles. The molecule has 0 bridgehead atoms. The highest BCUT2D eigenvalue weighted by atomic mass is 19.4. The van der Waals surface area contributed by atoms with Gasteiger partial charge in [-0.15, -0.1) is 0 Å². The summed E-state index contributed by atoms with van der Waals surface area (Å²) in [7, 11) is 0. The number of hydrogen-bond donors (Lipinski definition) is 1. The highest BCUT2D eigenvalue weighted by Gasteiger charge is 2.31. The third-order valence-electron chi connectivity index (χ3n) is 4.13. The number of piperidine rings is 1. The van der Waals surface area contributed by atoms with Crippen LogP contribution in [-0.2, 0) is 17.5 Å². The van der Waals surface area contributed by atoms with Crippen LogP contribution in [0.3, 0.4) is 0 Å².